The Morgan fingerprint density at radius 3 is 2.06 bits per heavy atom. The maximum Gasteiger partial charge on any atom is 0.243 e. The van der Waals surface area contributed by atoms with Gasteiger partial charge in [-0.05, 0) is 23.3 Å². The minimum atomic E-state index is -3.53. The second-order valence-corrected chi connectivity index (χ2v) is 9.94. The Balaban J connectivity index is 1.29. The maximum absolute atomic E-state index is 13.0. The van der Waals surface area contributed by atoms with Gasteiger partial charge >= 0.3 is 0 Å². The molecule has 0 aliphatic carbocycles. The van der Waals surface area contributed by atoms with Gasteiger partial charge in [-0.1, -0.05) is 42.5 Å². The van der Waals surface area contributed by atoms with Crippen LogP contribution >= 0.6 is 0 Å². The molecule has 0 bridgehead atoms. The second-order valence-electron chi connectivity index (χ2n) is 8.00. The van der Waals surface area contributed by atoms with Gasteiger partial charge in [-0.3, -0.25) is 9.36 Å². The van der Waals surface area contributed by atoms with Gasteiger partial charge in [0.05, 0.1) is 43.6 Å². The highest BCUT2D eigenvalue weighted by molar-refractivity contribution is 7.89. The van der Waals surface area contributed by atoms with Gasteiger partial charge in [-0.2, -0.15) is 14.5 Å². The number of hydrogen-bond donors (Lipinski definition) is 0. The van der Waals surface area contributed by atoms with Crippen LogP contribution in [-0.4, -0.2) is 58.6 Å². The Morgan fingerprint density at radius 2 is 1.39 bits per heavy atom. The van der Waals surface area contributed by atoms with Crippen molar-refractivity contribution in [3.63, 3.8) is 0 Å². The third kappa shape index (κ3) is 4.90. The van der Waals surface area contributed by atoms with Gasteiger partial charge in [0.1, 0.15) is 0 Å². The van der Waals surface area contributed by atoms with E-state index in [0.29, 0.717) is 44.3 Å². The van der Waals surface area contributed by atoms with Crippen LogP contribution in [0.4, 0.5) is 0 Å². The van der Waals surface area contributed by atoms with Gasteiger partial charge in [0.2, 0.25) is 10.0 Å². The Kier molecular flexibility index (Phi) is 6.08. The third-order valence-electron chi connectivity index (χ3n) is 5.64. The Labute approximate surface area is 193 Å². The quantitative estimate of drug-likeness (QED) is 0.421. The first kappa shape index (κ1) is 21.6. The van der Waals surface area contributed by atoms with E-state index in [0.717, 1.165) is 16.7 Å². The number of aromatic nitrogens is 4. The van der Waals surface area contributed by atoms with Crippen molar-refractivity contribution < 1.29 is 13.2 Å². The zero-order valence-electron chi connectivity index (χ0n) is 18.1. The van der Waals surface area contributed by atoms with Crippen LogP contribution in [0.5, 0.6) is 0 Å². The summed E-state index contributed by atoms with van der Waals surface area (Å²) < 4.78 is 36.4. The topological polar surface area (TPSA) is 82.2 Å². The lowest BCUT2D eigenvalue weighted by molar-refractivity contribution is 0.0730. The fraction of sp³-hybridized carbons (Fsp3) is 0.250. The molecule has 4 aromatic rings. The van der Waals surface area contributed by atoms with Crippen molar-refractivity contribution in [2.75, 3.05) is 26.3 Å². The summed E-state index contributed by atoms with van der Waals surface area (Å²) in [5.41, 5.74) is 4.01. The number of rotatable bonds is 7. The van der Waals surface area contributed by atoms with Gasteiger partial charge < -0.3 is 4.74 Å². The number of ether oxygens (including phenoxy) is 1. The van der Waals surface area contributed by atoms with Crippen LogP contribution in [0.1, 0.15) is 11.1 Å². The average molecular weight is 464 g/mol. The van der Waals surface area contributed by atoms with Crippen molar-refractivity contribution in [2.24, 2.45) is 0 Å². The molecule has 0 N–H and O–H groups in total. The molecule has 0 atom stereocenters. The molecule has 170 valence electrons. The van der Waals surface area contributed by atoms with Gasteiger partial charge in [0.15, 0.2) is 0 Å². The van der Waals surface area contributed by atoms with Gasteiger partial charge in [-0.25, -0.2) is 8.42 Å². The molecule has 0 amide bonds. The minimum Gasteiger partial charge on any atom is -0.379 e. The lowest BCUT2D eigenvalue weighted by Gasteiger charge is -2.26. The molecule has 0 unspecified atom stereocenters. The molecule has 1 fully saturated rings. The monoisotopic (exact) mass is 463 g/mol. The lowest BCUT2D eigenvalue weighted by atomic mass is 10.2. The summed E-state index contributed by atoms with van der Waals surface area (Å²) in [6, 6.07) is 17.3. The molecule has 1 aliphatic rings. The summed E-state index contributed by atoms with van der Waals surface area (Å²) in [4.78, 5) is 0.302. The molecule has 1 saturated heterocycles. The lowest BCUT2D eigenvalue weighted by Crippen LogP contribution is -2.40. The smallest absolute Gasteiger partial charge is 0.243 e. The summed E-state index contributed by atoms with van der Waals surface area (Å²) in [7, 11) is -3.53. The van der Waals surface area contributed by atoms with Gasteiger partial charge in [0, 0.05) is 36.6 Å². The zero-order chi connectivity index (χ0) is 22.7. The van der Waals surface area contributed by atoms with Gasteiger partial charge in [0.25, 0.3) is 0 Å². The maximum atomic E-state index is 13.0. The normalized spacial score (nSPS) is 15.0. The van der Waals surface area contributed by atoms with Crippen LogP contribution in [0, 0.1) is 0 Å². The van der Waals surface area contributed by atoms with E-state index in [-0.39, 0.29) is 0 Å². The van der Waals surface area contributed by atoms with E-state index in [1.807, 2.05) is 52.2 Å². The Morgan fingerprint density at radius 1 is 0.788 bits per heavy atom. The summed E-state index contributed by atoms with van der Waals surface area (Å²) in [6.07, 6.45) is 7.59. The molecule has 8 nitrogen and oxygen atoms in total. The summed E-state index contributed by atoms with van der Waals surface area (Å²) in [5, 5.41) is 8.93. The van der Waals surface area contributed by atoms with Crippen molar-refractivity contribution in [3.05, 3.63) is 90.5 Å². The van der Waals surface area contributed by atoms with Crippen molar-refractivity contribution in [1.82, 2.24) is 23.9 Å². The Hall–Kier alpha value is -3.27. The van der Waals surface area contributed by atoms with Crippen LogP contribution in [0.15, 0.2) is 84.3 Å². The molecule has 0 radical (unpaired) electrons. The fourth-order valence-electron chi connectivity index (χ4n) is 3.90. The molecule has 2 aromatic carbocycles. The highest BCUT2D eigenvalue weighted by atomic mass is 32.2. The van der Waals surface area contributed by atoms with E-state index >= 15 is 0 Å². The number of morpholine rings is 1. The van der Waals surface area contributed by atoms with E-state index in [4.69, 9.17) is 4.74 Å². The SMILES string of the molecule is O=S(=O)(c1cccc(Cn2cc(-c3cnn(Cc4ccccc4)c3)cn2)c1)N1CCOCC1. The zero-order valence-corrected chi connectivity index (χ0v) is 18.9. The molecule has 2 aromatic heterocycles. The van der Waals surface area contributed by atoms with E-state index in [2.05, 4.69) is 22.3 Å². The van der Waals surface area contributed by atoms with Crippen LogP contribution in [0.3, 0.4) is 0 Å². The first-order chi connectivity index (χ1) is 16.1. The molecule has 33 heavy (non-hydrogen) atoms. The largest absolute Gasteiger partial charge is 0.379 e. The highest BCUT2D eigenvalue weighted by Crippen LogP contribution is 2.21. The molecule has 0 saturated carbocycles. The number of hydrogen-bond acceptors (Lipinski definition) is 5. The van der Waals surface area contributed by atoms with Crippen molar-refractivity contribution >= 4 is 10.0 Å². The fourth-order valence-corrected chi connectivity index (χ4v) is 5.37. The first-order valence-corrected chi connectivity index (χ1v) is 12.3. The van der Waals surface area contributed by atoms with Crippen molar-refractivity contribution in [3.8, 4) is 11.1 Å². The summed E-state index contributed by atoms with van der Waals surface area (Å²) >= 11 is 0. The standard InChI is InChI=1S/C24H25N5O3S/c30-33(31,29-9-11-32-12-10-29)24-8-4-7-21(13-24)17-28-19-23(15-26-28)22-14-25-27(18-22)16-20-5-2-1-3-6-20/h1-8,13-15,18-19H,9-12,16-17H2. The first-order valence-electron chi connectivity index (χ1n) is 10.8. The van der Waals surface area contributed by atoms with E-state index in [1.165, 1.54) is 9.87 Å². The molecular weight excluding hydrogens is 438 g/mol. The summed E-state index contributed by atoms with van der Waals surface area (Å²) in [6.45, 7) is 2.80. The Bertz CT molecular complexity index is 1320. The second kappa shape index (κ2) is 9.30. The van der Waals surface area contributed by atoms with Crippen LogP contribution < -0.4 is 0 Å². The number of benzene rings is 2. The molecule has 1 aliphatic heterocycles. The average Bonchev–Trinajstić information content (AvgIpc) is 3.50. The molecule has 5 rings (SSSR count). The van der Waals surface area contributed by atoms with Gasteiger partial charge in [-0.15, -0.1) is 0 Å². The van der Waals surface area contributed by atoms with Crippen molar-refractivity contribution in [2.45, 2.75) is 18.0 Å². The summed E-state index contributed by atoms with van der Waals surface area (Å²) in [5.74, 6) is 0. The van der Waals surface area contributed by atoms with E-state index < -0.39 is 10.0 Å². The highest BCUT2D eigenvalue weighted by Gasteiger charge is 2.26. The number of sulfonamides is 1. The number of nitrogens with zero attached hydrogens (tertiary/aromatic N) is 5. The molecule has 0 spiro atoms. The van der Waals surface area contributed by atoms with Crippen LogP contribution in [0.25, 0.3) is 11.1 Å². The van der Waals surface area contributed by atoms with Crippen molar-refractivity contribution in [1.29, 1.82) is 0 Å². The predicted molar refractivity (Wildman–Crippen MR) is 124 cm³/mol. The molecule has 9 heteroatoms. The third-order valence-corrected chi connectivity index (χ3v) is 7.53. The van der Waals surface area contributed by atoms with Crippen LogP contribution in [0.2, 0.25) is 0 Å². The molecule has 3 heterocycles. The molecular formula is C24H25N5O3S. The van der Waals surface area contributed by atoms with Crippen LogP contribution in [-0.2, 0) is 27.8 Å². The van der Waals surface area contributed by atoms with E-state index in [1.54, 1.807) is 24.4 Å². The minimum absolute atomic E-state index is 0.302. The van der Waals surface area contributed by atoms with E-state index in [9.17, 15) is 8.42 Å². The predicted octanol–water partition coefficient (Wildman–Crippen LogP) is 2.86.